The van der Waals surface area contributed by atoms with Crippen molar-refractivity contribution in [3.63, 3.8) is 0 Å². The van der Waals surface area contributed by atoms with Gasteiger partial charge in [-0.25, -0.2) is 0 Å². The Bertz CT molecular complexity index is 148. The van der Waals surface area contributed by atoms with Gasteiger partial charge in [-0.1, -0.05) is 27.2 Å². The van der Waals surface area contributed by atoms with Crippen LogP contribution in [0.1, 0.15) is 46.5 Å². The molecule has 2 rings (SSSR count). The average molecular weight is 152 g/mol. The molecule has 0 heterocycles. The van der Waals surface area contributed by atoms with Gasteiger partial charge in [-0.05, 0) is 42.4 Å². The van der Waals surface area contributed by atoms with Gasteiger partial charge in [0.25, 0.3) is 0 Å². The molecule has 0 radical (unpaired) electrons. The van der Waals surface area contributed by atoms with E-state index in [1.807, 2.05) is 0 Å². The highest BCUT2D eigenvalue weighted by Gasteiger charge is 2.56. The quantitative estimate of drug-likeness (QED) is 0.539. The summed E-state index contributed by atoms with van der Waals surface area (Å²) in [5.74, 6) is 3.16. The second kappa shape index (κ2) is 2.24. The monoisotopic (exact) mass is 152 g/mol. The summed E-state index contributed by atoms with van der Waals surface area (Å²) in [4.78, 5) is 0. The van der Waals surface area contributed by atoms with E-state index in [1.54, 1.807) is 0 Å². The van der Waals surface area contributed by atoms with E-state index >= 15 is 0 Å². The topological polar surface area (TPSA) is 0 Å². The minimum absolute atomic E-state index is 0.855. The predicted octanol–water partition coefficient (Wildman–Crippen LogP) is 3.47. The lowest BCUT2D eigenvalue weighted by atomic mass is 9.42. The molecule has 0 N–H and O–H groups in total. The summed E-state index contributed by atoms with van der Waals surface area (Å²) in [5.41, 5.74) is 0.855. The summed E-state index contributed by atoms with van der Waals surface area (Å²) in [6.45, 7) is 7.20. The Balaban J connectivity index is 1.97. The molecule has 0 aromatic rings. The molecule has 2 aliphatic rings. The largest absolute Gasteiger partial charge is 0.0651 e. The van der Waals surface area contributed by atoms with E-state index in [4.69, 9.17) is 0 Å². The molecule has 0 nitrogen and oxygen atoms in total. The van der Waals surface area contributed by atoms with Crippen molar-refractivity contribution in [3.05, 3.63) is 0 Å². The lowest BCUT2D eigenvalue weighted by Crippen LogP contribution is -2.53. The Labute approximate surface area is 70.4 Å². The molecule has 64 valence electrons. The molecule has 2 atom stereocenters. The van der Waals surface area contributed by atoms with E-state index in [9.17, 15) is 0 Å². The van der Waals surface area contributed by atoms with E-state index in [1.165, 1.54) is 25.7 Å². The second-order valence-corrected chi connectivity index (χ2v) is 5.07. The van der Waals surface area contributed by atoms with Crippen molar-refractivity contribution in [2.75, 3.05) is 0 Å². The second-order valence-electron chi connectivity index (χ2n) is 5.07. The number of hydrogen-bond donors (Lipinski definition) is 0. The third-order valence-electron chi connectivity index (χ3n) is 4.15. The fourth-order valence-corrected chi connectivity index (χ4v) is 4.01. The highest BCUT2D eigenvalue weighted by Crippen LogP contribution is 2.65. The van der Waals surface area contributed by atoms with Gasteiger partial charge in [-0.3, -0.25) is 0 Å². The SMILES string of the molecule is CCC1C(C)CC12CC(C)C2. The van der Waals surface area contributed by atoms with E-state index in [0.29, 0.717) is 0 Å². The summed E-state index contributed by atoms with van der Waals surface area (Å²) in [5, 5.41) is 0. The summed E-state index contributed by atoms with van der Waals surface area (Å²) >= 11 is 0. The van der Waals surface area contributed by atoms with Crippen LogP contribution in [-0.2, 0) is 0 Å². The predicted molar refractivity (Wildman–Crippen MR) is 48.4 cm³/mol. The molecule has 2 fully saturated rings. The fourth-order valence-electron chi connectivity index (χ4n) is 4.01. The molecule has 0 aromatic carbocycles. The molecule has 1 spiro atoms. The van der Waals surface area contributed by atoms with Crippen molar-refractivity contribution in [2.24, 2.45) is 23.2 Å². The first-order chi connectivity index (χ1) is 5.18. The third kappa shape index (κ3) is 0.878. The van der Waals surface area contributed by atoms with Crippen LogP contribution in [0.4, 0.5) is 0 Å². The van der Waals surface area contributed by atoms with Gasteiger partial charge in [-0.15, -0.1) is 0 Å². The van der Waals surface area contributed by atoms with Gasteiger partial charge >= 0.3 is 0 Å². The van der Waals surface area contributed by atoms with Crippen molar-refractivity contribution >= 4 is 0 Å². The minimum atomic E-state index is 0.855. The average Bonchev–Trinajstić information content (AvgIpc) is 1.84. The first-order valence-corrected chi connectivity index (χ1v) is 5.18. The summed E-state index contributed by atoms with van der Waals surface area (Å²) in [6, 6.07) is 0. The third-order valence-corrected chi connectivity index (χ3v) is 4.15. The van der Waals surface area contributed by atoms with Gasteiger partial charge in [0.15, 0.2) is 0 Å². The van der Waals surface area contributed by atoms with Gasteiger partial charge < -0.3 is 0 Å². The van der Waals surface area contributed by atoms with Gasteiger partial charge in [0, 0.05) is 0 Å². The Morgan fingerprint density at radius 3 is 2.18 bits per heavy atom. The van der Waals surface area contributed by atoms with Crippen LogP contribution >= 0.6 is 0 Å². The molecule has 0 bridgehead atoms. The molecule has 0 amide bonds. The highest BCUT2D eigenvalue weighted by molar-refractivity contribution is 5.05. The molecular weight excluding hydrogens is 132 g/mol. The van der Waals surface area contributed by atoms with Crippen molar-refractivity contribution in [2.45, 2.75) is 46.5 Å². The molecule has 11 heavy (non-hydrogen) atoms. The first-order valence-electron chi connectivity index (χ1n) is 5.18. The number of hydrogen-bond acceptors (Lipinski definition) is 0. The molecule has 2 unspecified atom stereocenters. The first kappa shape index (κ1) is 7.64. The van der Waals surface area contributed by atoms with Gasteiger partial charge in [0.2, 0.25) is 0 Å². The van der Waals surface area contributed by atoms with E-state index in [0.717, 1.165) is 23.2 Å². The van der Waals surface area contributed by atoms with Gasteiger partial charge in [0.05, 0.1) is 0 Å². The Hall–Kier alpha value is 0. The van der Waals surface area contributed by atoms with Crippen molar-refractivity contribution in [3.8, 4) is 0 Å². The fraction of sp³-hybridized carbons (Fsp3) is 1.00. The summed E-state index contributed by atoms with van der Waals surface area (Å²) < 4.78 is 0. The van der Waals surface area contributed by atoms with Crippen molar-refractivity contribution < 1.29 is 0 Å². The van der Waals surface area contributed by atoms with Crippen molar-refractivity contribution in [1.29, 1.82) is 0 Å². The molecular formula is C11H20. The summed E-state index contributed by atoms with van der Waals surface area (Å²) in [6.07, 6.45) is 6.04. The minimum Gasteiger partial charge on any atom is -0.0651 e. The zero-order valence-electron chi connectivity index (χ0n) is 8.06. The van der Waals surface area contributed by atoms with E-state index in [2.05, 4.69) is 20.8 Å². The molecule has 2 saturated carbocycles. The lowest BCUT2D eigenvalue weighted by Gasteiger charge is -2.62. The highest BCUT2D eigenvalue weighted by atomic mass is 14.6. The zero-order chi connectivity index (χ0) is 8.06. The molecule has 0 saturated heterocycles. The Kier molecular flexibility index (Phi) is 1.56. The molecule has 0 heteroatoms. The van der Waals surface area contributed by atoms with Crippen molar-refractivity contribution in [1.82, 2.24) is 0 Å². The van der Waals surface area contributed by atoms with E-state index in [-0.39, 0.29) is 0 Å². The standard InChI is InChI=1S/C11H20/c1-4-10-9(3)7-11(10)5-8(2)6-11/h8-10H,4-7H2,1-3H3. The van der Waals surface area contributed by atoms with Crippen LogP contribution in [0.5, 0.6) is 0 Å². The maximum absolute atomic E-state index is 2.43. The van der Waals surface area contributed by atoms with Crippen LogP contribution in [0.25, 0.3) is 0 Å². The Morgan fingerprint density at radius 2 is 1.82 bits per heavy atom. The van der Waals surface area contributed by atoms with Crippen LogP contribution in [0, 0.1) is 23.2 Å². The van der Waals surface area contributed by atoms with E-state index < -0.39 is 0 Å². The normalized spacial score (nSPS) is 55.4. The van der Waals surface area contributed by atoms with Crippen LogP contribution in [0.15, 0.2) is 0 Å². The summed E-state index contributed by atoms with van der Waals surface area (Å²) in [7, 11) is 0. The smallest absolute Gasteiger partial charge is 0.0259 e. The Morgan fingerprint density at radius 1 is 1.18 bits per heavy atom. The van der Waals surface area contributed by atoms with Gasteiger partial charge in [-0.2, -0.15) is 0 Å². The van der Waals surface area contributed by atoms with Gasteiger partial charge in [0.1, 0.15) is 0 Å². The lowest BCUT2D eigenvalue weighted by molar-refractivity contribution is -0.128. The zero-order valence-corrected chi connectivity index (χ0v) is 8.06. The molecule has 0 aromatic heterocycles. The maximum atomic E-state index is 2.43. The van der Waals surface area contributed by atoms with Crippen LogP contribution in [-0.4, -0.2) is 0 Å². The van der Waals surface area contributed by atoms with Crippen LogP contribution in [0.3, 0.4) is 0 Å². The van der Waals surface area contributed by atoms with Crippen LogP contribution in [0.2, 0.25) is 0 Å². The molecule has 0 aliphatic heterocycles. The van der Waals surface area contributed by atoms with Crippen LogP contribution < -0.4 is 0 Å². The number of rotatable bonds is 1. The maximum Gasteiger partial charge on any atom is -0.0259 e. The molecule has 2 aliphatic carbocycles.